The number of hydrogen-bond donors (Lipinski definition) is 1. The molecule has 0 aliphatic rings. The van der Waals surface area contributed by atoms with Crippen molar-refractivity contribution in [2.45, 2.75) is 39.0 Å². The summed E-state index contributed by atoms with van der Waals surface area (Å²) in [6.45, 7) is 8.10. The van der Waals surface area contributed by atoms with Gasteiger partial charge in [0.25, 0.3) is 0 Å². The zero-order valence-electron chi connectivity index (χ0n) is 21.3. The second-order valence-electron chi connectivity index (χ2n) is 9.22. The summed E-state index contributed by atoms with van der Waals surface area (Å²) >= 11 is 0. The highest BCUT2D eigenvalue weighted by Crippen LogP contribution is 2.35. The summed E-state index contributed by atoms with van der Waals surface area (Å²) in [5.74, 6) is -0.410. The van der Waals surface area contributed by atoms with Crippen LogP contribution >= 0.6 is 0 Å². The maximum atomic E-state index is 14.4. The predicted molar refractivity (Wildman–Crippen MR) is 148 cm³/mol. The zero-order chi connectivity index (χ0) is 25.3. The Morgan fingerprint density at radius 1 is 1.00 bits per heavy atom. The SMILES string of the molecule is C=CCCCN(C)CCCc1ccc(/C(=C(/CC)c2ccccc2)c2ccc3n[nH]c(F)c3c2)cn1. The zero-order valence-corrected chi connectivity index (χ0v) is 21.3. The smallest absolute Gasteiger partial charge is 0.216 e. The first kappa shape index (κ1) is 25.5. The van der Waals surface area contributed by atoms with Crippen molar-refractivity contribution in [1.82, 2.24) is 20.1 Å². The van der Waals surface area contributed by atoms with E-state index in [1.807, 2.05) is 36.5 Å². The van der Waals surface area contributed by atoms with E-state index in [-0.39, 0.29) is 0 Å². The second kappa shape index (κ2) is 12.4. The summed E-state index contributed by atoms with van der Waals surface area (Å²) in [7, 11) is 2.17. The second-order valence-corrected chi connectivity index (χ2v) is 9.22. The summed E-state index contributed by atoms with van der Waals surface area (Å²) < 4.78 is 14.4. The Balaban J connectivity index is 1.62. The molecule has 0 saturated carbocycles. The first-order chi connectivity index (χ1) is 17.6. The van der Waals surface area contributed by atoms with Crippen molar-refractivity contribution in [2.75, 3.05) is 20.1 Å². The van der Waals surface area contributed by atoms with E-state index in [1.165, 1.54) is 5.57 Å². The molecule has 0 aliphatic heterocycles. The van der Waals surface area contributed by atoms with E-state index in [2.05, 4.69) is 72.0 Å². The fourth-order valence-electron chi connectivity index (χ4n) is 4.68. The van der Waals surface area contributed by atoms with Crippen LogP contribution in [0.4, 0.5) is 4.39 Å². The fraction of sp³-hybridized carbons (Fsp3) is 0.290. The van der Waals surface area contributed by atoms with Gasteiger partial charge in [0, 0.05) is 17.5 Å². The summed E-state index contributed by atoms with van der Waals surface area (Å²) in [6.07, 6.45) is 9.01. The molecule has 186 valence electrons. The van der Waals surface area contributed by atoms with Crippen LogP contribution in [0.3, 0.4) is 0 Å². The Bertz CT molecular complexity index is 1310. The van der Waals surface area contributed by atoms with Gasteiger partial charge >= 0.3 is 0 Å². The van der Waals surface area contributed by atoms with Gasteiger partial charge in [-0.1, -0.05) is 55.5 Å². The molecular weight excluding hydrogens is 447 g/mol. The van der Waals surface area contributed by atoms with Crippen LogP contribution in [0.25, 0.3) is 22.0 Å². The number of nitrogens with zero attached hydrogens (tertiary/aromatic N) is 3. The number of benzene rings is 2. The molecule has 2 aromatic heterocycles. The van der Waals surface area contributed by atoms with Crippen LogP contribution in [0.2, 0.25) is 0 Å². The number of allylic oxidation sites excluding steroid dienone is 2. The molecule has 1 N–H and O–H groups in total. The number of halogens is 1. The topological polar surface area (TPSA) is 44.8 Å². The van der Waals surface area contributed by atoms with Crippen molar-refractivity contribution < 1.29 is 4.39 Å². The predicted octanol–water partition coefficient (Wildman–Crippen LogP) is 7.30. The number of aryl methyl sites for hydroxylation is 1. The highest BCUT2D eigenvalue weighted by molar-refractivity contribution is 6.00. The average Bonchev–Trinajstić information content (AvgIpc) is 3.28. The highest BCUT2D eigenvalue weighted by atomic mass is 19.1. The summed E-state index contributed by atoms with van der Waals surface area (Å²) in [5, 5.41) is 7.00. The van der Waals surface area contributed by atoms with Gasteiger partial charge in [0.1, 0.15) is 0 Å². The number of unbranched alkanes of at least 4 members (excludes halogenated alkanes) is 1. The Kier molecular flexibility index (Phi) is 8.80. The van der Waals surface area contributed by atoms with Gasteiger partial charge in [0.05, 0.1) is 10.9 Å². The highest BCUT2D eigenvalue weighted by Gasteiger charge is 2.16. The molecule has 0 atom stereocenters. The molecule has 4 rings (SSSR count). The van der Waals surface area contributed by atoms with E-state index in [4.69, 9.17) is 4.98 Å². The van der Waals surface area contributed by atoms with Crippen molar-refractivity contribution in [1.29, 1.82) is 0 Å². The Morgan fingerprint density at radius 2 is 1.78 bits per heavy atom. The minimum Gasteiger partial charge on any atom is -0.306 e. The number of nitrogens with one attached hydrogen (secondary N) is 1. The van der Waals surface area contributed by atoms with E-state index in [0.29, 0.717) is 10.9 Å². The molecule has 36 heavy (non-hydrogen) atoms. The minimum absolute atomic E-state index is 0.410. The number of pyridine rings is 1. The molecular formula is C31H35FN4. The van der Waals surface area contributed by atoms with Crippen LogP contribution in [0.15, 0.2) is 79.5 Å². The van der Waals surface area contributed by atoms with Crippen LogP contribution < -0.4 is 0 Å². The van der Waals surface area contributed by atoms with E-state index < -0.39 is 5.95 Å². The third kappa shape index (κ3) is 6.16. The van der Waals surface area contributed by atoms with Crippen molar-refractivity contribution in [3.05, 3.63) is 108 Å². The average molecular weight is 483 g/mol. The standard InChI is InChI=1S/C31H35FN4/c1-4-6-10-19-36(3)20-11-14-26-17-15-25(22-33-26)30(27(5-2)23-12-8-7-9-13-23)24-16-18-29-28(21-24)31(32)35-34-29/h4,7-9,12-13,15-18,21-22H,1,5-6,10-11,14,19-20H2,2-3H3,(H,34,35)/b30-27-. The molecule has 4 aromatic rings. The van der Waals surface area contributed by atoms with Crippen molar-refractivity contribution in [3.8, 4) is 0 Å². The summed E-state index contributed by atoms with van der Waals surface area (Å²) in [4.78, 5) is 7.19. The number of fused-ring (bicyclic) bond motifs is 1. The number of aromatic nitrogens is 3. The lowest BCUT2D eigenvalue weighted by Crippen LogP contribution is -2.21. The van der Waals surface area contributed by atoms with E-state index >= 15 is 0 Å². The van der Waals surface area contributed by atoms with Gasteiger partial charge in [-0.05, 0) is 92.7 Å². The van der Waals surface area contributed by atoms with Crippen LogP contribution in [0.5, 0.6) is 0 Å². The quantitative estimate of drug-likeness (QED) is 0.131. The number of aromatic amines is 1. The third-order valence-corrected chi connectivity index (χ3v) is 6.61. The normalized spacial score (nSPS) is 12.2. The Hall–Kier alpha value is -3.57. The molecule has 0 saturated heterocycles. The molecule has 0 bridgehead atoms. The maximum Gasteiger partial charge on any atom is 0.216 e. The first-order valence-electron chi connectivity index (χ1n) is 12.8. The van der Waals surface area contributed by atoms with Crippen molar-refractivity contribution in [2.24, 2.45) is 0 Å². The lowest BCUT2D eigenvalue weighted by atomic mass is 9.88. The van der Waals surface area contributed by atoms with Gasteiger partial charge < -0.3 is 4.90 Å². The Morgan fingerprint density at radius 3 is 2.50 bits per heavy atom. The molecule has 0 aliphatic carbocycles. The molecule has 2 aromatic carbocycles. The van der Waals surface area contributed by atoms with Gasteiger partial charge in [0.15, 0.2) is 0 Å². The molecule has 4 nitrogen and oxygen atoms in total. The van der Waals surface area contributed by atoms with Crippen LogP contribution in [-0.2, 0) is 6.42 Å². The summed E-state index contributed by atoms with van der Waals surface area (Å²) in [5.41, 5.74) is 7.14. The molecule has 0 unspecified atom stereocenters. The van der Waals surface area contributed by atoms with E-state index in [9.17, 15) is 4.39 Å². The lowest BCUT2D eigenvalue weighted by Gasteiger charge is -2.17. The maximum absolute atomic E-state index is 14.4. The van der Waals surface area contributed by atoms with E-state index in [0.717, 1.165) is 73.2 Å². The monoisotopic (exact) mass is 482 g/mol. The van der Waals surface area contributed by atoms with Crippen LogP contribution in [-0.4, -0.2) is 40.2 Å². The third-order valence-electron chi connectivity index (χ3n) is 6.61. The molecule has 2 heterocycles. The number of hydrogen-bond acceptors (Lipinski definition) is 3. The van der Waals surface area contributed by atoms with Gasteiger partial charge in [-0.15, -0.1) is 6.58 Å². The Labute approximate surface area is 213 Å². The molecule has 0 radical (unpaired) electrons. The molecule has 0 spiro atoms. The fourth-order valence-corrected chi connectivity index (χ4v) is 4.68. The largest absolute Gasteiger partial charge is 0.306 e. The molecule has 0 amide bonds. The van der Waals surface area contributed by atoms with Crippen LogP contribution in [0, 0.1) is 5.95 Å². The van der Waals surface area contributed by atoms with Crippen molar-refractivity contribution in [3.63, 3.8) is 0 Å². The number of rotatable bonds is 12. The first-order valence-corrected chi connectivity index (χ1v) is 12.8. The van der Waals surface area contributed by atoms with Crippen molar-refractivity contribution >= 4 is 22.0 Å². The minimum atomic E-state index is -0.410. The van der Waals surface area contributed by atoms with Gasteiger partial charge in [-0.25, -0.2) is 0 Å². The van der Waals surface area contributed by atoms with E-state index in [1.54, 1.807) is 0 Å². The molecule has 0 fully saturated rings. The van der Waals surface area contributed by atoms with Gasteiger partial charge in [0.2, 0.25) is 5.95 Å². The summed E-state index contributed by atoms with van der Waals surface area (Å²) in [6, 6.07) is 20.4. The van der Waals surface area contributed by atoms with Gasteiger partial charge in [-0.2, -0.15) is 9.49 Å². The van der Waals surface area contributed by atoms with Gasteiger partial charge in [-0.3, -0.25) is 10.1 Å². The lowest BCUT2D eigenvalue weighted by molar-refractivity contribution is 0.325. The molecule has 5 heteroatoms. The van der Waals surface area contributed by atoms with Crippen LogP contribution in [0.1, 0.15) is 55.0 Å². The number of H-pyrrole nitrogens is 1.